The molecule has 0 bridgehead atoms. The molecular weight excluding hydrogens is 344 g/mol. The van der Waals surface area contributed by atoms with Gasteiger partial charge in [0, 0.05) is 6.08 Å². The fraction of sp³-hybridized carbons (Fsp3) is 0.269. The van der Waals surface area contributed by atoms with Crippen molar-refractivity contribution in [1.82, 2.24) is 0 Å². The van der Waals surface area contributed by atoms with Crippen LogP contribution < -0.4 is 0 Å². The smallest absolute Gasteiger partial charge is 0.330 e. The Morgan fingerprint density at radius 1 is 0.893 bits per heavy atom. The molecule has 0 amide bonds. The Morgan fingerprint density at radius 3 is 2.11 bits per heavy atom. The number of carbonyl (C=O) groups excluding carboxylic acids is 1. The first-order valence-corrected chi connectivity index (χ1v) is 10.1. The minimum atomic E-state index is -0.298. The minimum Gasteiger partial charge on any atom is -0.463 e. The summed E-state index contributed by atoms with van der Waals surface area (Å²) in [7, 11) is 0. The fourth-order valence-electron chi connectivity index (χ4n) is 3.20. The van der Waals surface area contributed by atoms with Gasteiger partial charge in [0.05, 0.1) is 6.61 Å². The quantitative estimate of drug-likeness (QED) is 0.272. The minimum absolute atomic E-state index is 0.298. The van der Waals surface area contributed by atoms with E-state index in [9.17, 15) is 4.79 Å². The van der Waals surface area contributed by atoms with Crippen molar-refractivity contribution in [3.8, 4) is 0 Å². The van der Waals surface area contributed by atoms with Crippen molar-refractivity contribution in [3.05, 3.63) is 95.1 Å². The molecule has 0 aliphatic carbocycles. The molecule has 0 saturated heterocycles. The van der Waals surface area contributed by atoms with Gasteiger partial charge in [0.1, 0.15) is 0 Å². The molecule has 2 aromatic carbocycles. The van der Waals surface area contributed by atoms with Crippen molar-refractivity contribution in [2.45, 2.75) is 40.0 Å². The van der Waals surface area contributed by atoms with Crippen molar-refractivity contribution in [2.24, 2.45) is 0 Å². The molecule has 0 spiro atoms. The van der Waals surface area contributed by atoms with Gasteiger partial charge in [0.2, 0.25) is 0 Å². The molecule has 0 heterocycles. The molecule has 0 atom stereocenters. The number of carbonyl (C=O) groups is 1. The zero-order chi connectivity index (χ0) is 20.2. The standard InChI is InChI=1S/C26H30O2/c1-4-13-23(18-19-25(27)28-6-3)26(24-16-11-8-12-17-24)22(5-2)20-21-14-9-7-10-15-21/h7-12,14-20H,4-6,13H2,1-3H3/b19-18+,22-20+,26-23-. The van der Waals surface area contributed by atoms with Crippen molar-refractivity contribution in [3.63, 3.8) is 0 Å². The van der Waals surface area contributed by atoms with Gasteiger partial charge in [-0.25, -0.2) is 4.79 Å². The molecule has 0 radical (unpaired) electrons. The van der Waals surface area contributed by atoms with Crippen LogP contribution in [0, 0.1) is 0 Å². The van der Waals surface area contributed by atoms with E-state index in [1.54, 1.807) is 6.08 Å². The summed E-state index contributed by atoms with van der Waals surface area (Å²) in [5.41, 5.74) is 5.97. The normalized spacial score (nSPS) is 12.8. The number of rotatable bonds is 9. The maximum Gasteiger partial charge on any atom is 0.330 e. The highest BCUT2D eigenvalue weighted by Crippen LogP contribution is 2.33. The van der Waals surface area contributed by atoms with E-state index in [1.165, 1.54) is 22.3 Å². The van der Waals surface area contributed by atoms with E-state index >= 15 is 0 Å². The van der Waals surface area contributed by atoms with E-state index in [-0.39, 0.29) is 5.97 Å². The zero-order valence-corrected chi connectivity index (χ0v) is 17.2. The molecule has 146 valence electrons. The van der Waals surface area contributed by atoms with Crippen LogP contribution in [0.2, 0.25) is 0 Å². The third-order valence-corrected chi connectivity index (χ3v) is 4.45. The first kappa shape index (κ1) is 21.4. The van der Waals surface area contributed by atoms with E-state index in [4.69, 9.17) is 4.74 Å². The number of benzene rings is 2. The van der Waals surface area contributed by atoms with E-state index in [0.29, 0.717) is 6.61 Å². The number of esters is 1. The average Bonchev–Trinajstić information content (AvgIpc) is 2.73. The summed E-state index contributed by atoms with van der Waals surface area (Å²) in [6.45, 7) is 6.54. The van der Waals surface area contributed by atoms with Gasteiger partial charge in [-0.2, -0.15) is 0 Å². The van der Waals surface area contributed by atoms with Gasteiger partial charge >= 0.3 is 5.97 Å². The first-order valence-electron chi connectivity index (χ1n) is 10.1. The summed E-state index contributed by atoms with van der Waals surface area (Å²) < 4.78 is 5.08. The number of allylic oxidation sites excluding steroid dienone is 4. The molecule has 0 N–H and O–H groups in total. The lowest BCUT2D eigenvalue weighted by Gasteiger charge is -2.17. The number of ether oxygens (including phenoxy) is 1. The van der Waals surface area contributed by atoms with Crippen LogP contribution in [0.25, 0.3) is 11.6 Å². The monoisotopic (exact) mass is 374 g/mol. The van der Waals surface area contributed by atoms with Crippen LogP contribution in [0.4, 0.5) is 0 Å². The Morgan fingerprint density at radius 2 is 1.54 bits per heavy atom. The first-order chi connectivity index (χ1) is 13.7. The van der Waals surface area contributed by atoms with Crippen LogP contribution >= 0.6 is 0 Å². The highest BCUT2D eigenvalue weighted by Gasteiger charge is 2.12. The topological polar surface area (TPSA) is 26.3 Å². The number of hydrogen-bond acceptors (Lipinski definition) is 2. The maximum atomic E-state index is 11.9. The molecule has 0 aromatic heterocycles. The highest BCUT2D eigenvalue weighted by molar-refractivity contribution is 5.89. The van der Waals surface area contributed by atoms with Crippen molar-refractivity contribution in [2.75, 3.05) is 6.61 Å². The fourth-order valence-corrected chi connectivity index (χ4v) is 3.20. The predicted molar refractivity (Wildman–Crippen MR) is 119 cm³/mol. The molecule has 2 aromatic rings. The van der Waals surface area contributed by atoms with Gasteiger partial charge in [0.15, 0.2) is 0 Å². The molecule has 2 heteroatoms. The van der Waals surface area contributed by atoms with E-state index in [1.807, 2.05) is 25.1 Å². The zero-order valence-electron chi connectivity index (χ0n) is 17.2. The second-order valence-electron chi connectivity index (χ2n) is 6.54. The molecule has 0 aliphatic heterocycles. The van der Waals surface area contributed by atoms with Crippen molar-refractivity contribution < 1.29 is 9.53 Å². The molecule has 0 unspecified atom stereocenters. The van der Waals surface area contributed by atoms with Crippen LogP contribution in [0.15, 0.2) is 84.0 Å². The van der Waals surface area contributed by atoms with E-state index in [2.05, 4.69) is 68.5 Å². The van der Waals surface area contributed by atoms with Crippen LogP contribution in [0.5, 0.6) is 0 Å². The Balaban J connectivity index is 2.62. The van der Waals surface area contributed by atoms with Crippen LogP contribution in [0.3, 0.4) is 0 Å². The van der Waals surface area contributed by atoms with Gasteiger partial charge in [-0.3, -0.25) is 0 Å². The van der Waals surface area contributed by atoms with Gasteiger partial charge < -0.3 is 4.74 Å². The number of hydrogen-bond donors (Lipinski definition) is 0. The lowest BCUT2D eigenvalue weighted by atomic mass is 9.88. The molecule has 28 heavy (non-hydrogen) atoms. The maximum absolute atomic E-state index is 11.9. The van der Waals surface area contributed by atoms with Crippen molar-refractivity contribution in [1.29, 1.82) is 0 Å². The summed E-state index contributed by atoms with van der Waals surface area (Å²) >= 11 is 0. The summed E-state index contributed by atoms with van der Waals surface area (Å²) in [5, 5.41) is 0. The Labute approximate surface area is 169 Å². The molecule has 0 aliphatic rings. The second kappa shape index (κ2) is 11.8. The molecule has 0 saturated carbocycles. The van der Waals surface area contributed by atoms with Crippen LogP contribution in [-0.4, -0.2) is 12.6 Å². The van der Waals surface area contributed by atoms with Gasteiger partial charge in [-0.05, 0) is 47.6 Å². The second-order valence-corrected chi connectivity index (χ2v) is 6.54. The lowest BCUT2D eigenvalue weighted by molar-refractivity contribution is -0.137. The summed E-state index contributed by atoms with van der Waals surface area (Å²) in [5.74, 6) is -0.298. The summed E-state index contributed by atoms with van der Waals surface area (Å²) in [6, 6.07) is 20.8. The Bertz CT molecular complexity index is 827. The third kappa shape index (κ3) is 6.38. The van der Waals surface area contributed by atoms with Crippen LogP contribution in [-0.2, 0) is 9.53 Å². The molecular formula is C26H30O2. The van der Waals surface area contributed by atoms with E-state index in [0.717, 1.165) is 24.8 Å². The van der Waals surface area contributed by atoms with E-state index < -0.39 is 0 Å². The average molecular weight is 375 g/mol. The van der Waals surface area contributed by atoms with Gasteiger partial charge in [0.25, 0.3) is 0 Å². The largest absolute Gasteiger partial charge is 0.463 e. The van der Waals surface area contributed by atoms with Gasteiger partial charge in [-0.15, -0.1) is 0 Å². The predicted octanol–water partition coefficient (Wildman–Crippen LogP) is 6.85. The Hall–Kier alpha value is -2.87. The summed E-state index contributed by atoms with van der Waals surface area (Å²) in [4.78, 5) is 11.9. The van der Waals surface area contributed by atoms with Crippen molar-refractivity contribution >= 4 is 17.6 Å². The lowest BCUT2D eigenvalue weighted by Crippen LogP contribution is -2.00. The SMILES string of the molecule is CCCC(/C=C/C(=O)OCC)=C(\C(=C\c1ccccc1)CC)c1ccccc1. The summed E-state index contributed by atoms with van der Waals surface area (Å²) in [6.07, 6.45) is 8.52. The molecule has 2 rings (SSSR count). The van der Waals surface area contributed by atoms with Gasteiger partial charge in [-0.1, -0.05) is 93.1 Å². The molecule has 2 nitrogen and oxygen atoms in total. The Kier molecular flexibility index (Phi) is 9.00. The van der Waals surface area contributed by atoms with Crippen LogP contribution in [0.1, 0.15) is 51.2 Å². The highest BCUT2D eigenvalue weighted by atomic mass is 16.5. The molecule has 0 fully saturated rings. The third-order valence-electron chi connectivity index (χ3n) is 4.45.